The van der Waals surface area contributed by atoms with E-state index < -0.39 is 6.16 Å². The van der Waals surface area contributed by atoms with Gasteiger partial charge in [0.2, 0.25) is 0 Å². The lowest BCUT2D eigenvalue weighted by molar-refractivity contribution is 0.0697. The second kappa shape index (κ2) is 9.68. The molecule has 29 heavy (non-hydrogen) atoms. The quantitative estimate of drug-likeness (QED) is 0.615. The van der Waals surface area contributed by atoms with Crippen LogP contribution in [0.2, 0.25) is 0 Å². The van der Waals surface area contributed by atoms with Crippen LogP contribution in [0.1, 0.15) is 40.5 Å². The highest BCUT2D eigenvalue weighted by Gasteiger charge is 2.25. The van der Waals surface area contributed by atoms with Gasteiger partial charge in [0.15, 0.2) is 0 Å². The van der Waals surface area contributed by atoms with Crippen LogP contribution in [0.4, 0.5) is 4.79 Å². The van der Waals surface area contributed by atoms with Crippen molar-refractivity contribution in [1.29, 1.82) is 0 Å². The number of hydrogen-bond acceptors (Lipinski definition) is 6. The van der Waals surface area contributed by atoms with Crippen molar-refractivity contribution in [2.45, 2.75) is 25.8 Å². The minimum atomic E-state index is -0.780. The number of nitrogens with one attached hydrogen (secondary N) is 1. The first-order valence-corrected chi connectivity index (χ1v) is 9.51. The average Bonchev–Trinajstić information content (AvgIpc) is 2.75. The van der Waals surface area contributed by atoms with E-state index in [-0.39, 0.29) is 24.5 Å². The lowest BCUT2D eigenvalue weighted by Crippen LogP contribution is -2.46. The van der Waals surface area contributed by atoms with E-state index in [4.69, 9.17) is 9.47 Å². The van der Waals surface area contributed by atoms with Gasteiger partial charge in [-0.1, -0.05) is 0 Å². The predicted octanol–water partition coefficient (Wildman–Crippen LogP) is 2.65. The van der Waals surface area contributed by atoms with E-state index in [9.17, 15) is 14.4 Å². The maximum atomic E-state index is 12.5. The van der Waals surface area contributed by atoms with Gasteiger partial charge >= 0.3 is 6.16 Å². The molecule has 8 heteroatoms. The Morgan fingerprint density at radius 3 is 2.45 bits per heavy atom. The standard InChI is InChI=1S/C21H23N3O5/c1-2-28-21(27)29-18-7-5-15(6-8-18)19(25)23-17-9-12-24(13-10-17)20(26)16-4-3-11-22-14-16/h3-8,11,14,17H,2,9-10,12-13H2,1H3,(H,23,25). The van der Waals surface area contributed by atoms with Gasteiger partial charge in [-0.3, -0.25) is 14.6 Å². The van der Waals surface area contributed by atoms with Crippen molar-refractivity contribution < 1.29 is 23.9 Å². The number of likely N-dealkylation sites (tertiary alicyclic amines) is 1. The van der Waals surface area contributed by atoms with Crippen molar-refractivity contribution in [3.8, 4) is 5.75 Å². The van der Waals surface area contributed by atoms with Crippen LogP contribution in [-0.2, 0) is 4.74 Å². The molecule has 2 heterocycles. The van der Waals surface area contributed by atoms with E-state index in [0.29, 0.717) is 42.8 Å². The number of carbonyl (C=O) groups excluding carboxylic acids is 3. The zero-order valence-electron chi connectivity index (χ0n) is 16.2. The third-order valence-electron chi connectivity index (χ3n) is 4.61. The van der Waals surface area contributed by atoms with Gasteiger partial charge in [0.1, 0.15) is 5.75 Å². The van der Waals surface area contributed by atoms with Crippen LogP contribution in [0.15, 0.2) is 48.8 Å². The summed E-state index contributed by atoms with van der Waals surface area (Å²) in [4.78, 5) is 42.0. The number of benzene rings is 1. The fourth-order valence-corrected chi connectivity index (χ4v) is 3.09. The molecular formula is C21H23N3O5. The van der Waals surface area contributed by atoms with Crippen molar-refractivity contribution in [3.05, 3.63) is 59.9 Å². The Bertz CT molecular complexity index is 846. The highest BCUT2D eigenvalue weighted by atomic mass is 16.7. The van der Waals surface area contributed by atoms with Gasteiger partial charge in [-0.05, 0) is 56.2 Å². The molecule has 1 N–H and O–H groups in total. The number of rotatable bonds is 5. The number of pyridine rings is 1. The number of carbonyl (C=O) groups is 3. The van der Waals surface area contributed by atoms with Crippen molar-refractivity contribution >= 4 is 18.0 Å². The minimum absolute atomic E-state index is 0.00379. The SMILES string of the molecule is CCOC(=O)Oc1ccc(C(=O)NC2CCN(C(=O)c3cccnc3)CC2)cc1. The monoisotopic (exact) mass is 397 g/mol. The second-order valence-electron chi connectivity index (χ2n) is 6.59. The van der Waals surface area contributed by atoms with E-state index in [1.54, 1.807) is 60.6 Å². The number of aromatic nitrogens is 1. The van der Waals surface area contributed by atoms with Gasteiger partial charge in [0.05, 0.1) is 12.2 Å². The van der Waals surface area contributed by atoms with Gasteiger partial charge in [0.25, 0.3) is 11.8 Å². The summed E-state index contributed by atoms with van der Waals surface area (Å²) in [5, 5.41) is 2.99. The third-order valence-corrected chi connectivity index (χ3v) is 4.61. The molecule has 1 aromatic carbocycles. The predicted molar refractivity (Wildman–Crippen MR) is 105 cm³/mol. The summed E-state index contributed by atoms with van der Waals surface area (Å²) in [7, 11) is 0. The molecule has 0 unspecified atom stereocenters. The lowest BCUT2D eigenvalue weighted by atomic mass is 10.0. The summed E-state index contributed by atoms with van der Waals surface area (Å²) in [5.74, 6) is 0.0620. The molecule has 1 fully saturated rings. The Kier molecular flexibility index (Phi) is 6.78. The average molecular weight is 397 g/mol. The molecule has 0 saturated carbocycles. The van der Waals surface area contributed by atoms with E-state index in [1.807, 2.05) is 0 Å². The molecule has 1 aromatic heterocycles. The van der Waals surface area contributed by atoms with Crippen LogP contribution >= 0.6 is 0 Å². The molecule has 0 radical (unpaired) electrons. The van der Waals surface area contributed by atoms with Gasteiger partial charge in [-0.15, -0.1) is 0 Å². The molecule has 0 aliphatic carbocycles. The molecule has 2 amide bonds. The van der Waals surface area contributed by atoms with Crippen LogP contribution in [-0.4, -0.2) is 53.6 Å². The first-order chi connectivity index (χ1) is 14.1. The summed E-state index contributed by atoms with van der Waals surface area (Å²) < 4.78 is 9.68. The highest BCUT2D eigenvalue weighted by molar-refractivity contribution is 5.95. The number of ether oxygens (including phenoxy) is 2. The molecule has 1 saturated heterocycles. The van der Waals surface area contributed by atoms with Crippen molar-refractivity contribution in [1.82, 2.24) is 15.2 Å². The smallest absolute Gasteiger partial charge is 0.434 e. The summed E-state index contributed by atoms with van der Waals surface area (Å²) in [5.41, 5.74) is 1.04. The molecule has 0 atom stereocenters. The first kappa shape index (κ1) is 20.3. The number of piperidine rings is 1. The highest BCUT2D eigenvalue weighted by Crippen LogP contribution is 2.16. The Morgan fingerprint density at radius 1 is 1.10 bits per heavy atom. The Labute approximate surface area is 168 Å². The molecule has 8 nitrogen and oxygen atoms in total. The summed E-state index contributed by atoms with van der Waals surface area (Å²) >= 11 is 0. The van der Waals surface area contributed by atoms with Crippen LogP contribution in [0, 0.1) is 0 Å². The van der Waals surface area contributed by atoms with Gasteiger partial charge in [0, 0.05) is 37.1 Å². The van der Waals surface area contributed by atoms with Crippen LogP contribution < -0.4 is 10.1 Å². The van der Waals surface area contributed by atoms with Crippen molar-refractivity contribution in [2.75, 3.05) is 19.7 Å². The van der Waals surface area contributed by atoms with E-state index in [1.165, 1.54) is 0 Å². The zero-order valence-corrected chi connectivity index (χ0v) is 16.2. The summed E-state index contributed by atoms with van der Waals surface area (Å²) in [6.45, 7) is 3.07. The number of hydrogen-bond donors (Lipinski definition) is 1. The van der Waals surface area contributed by atoms with Crippen molar-refractivity contribution in [3.63, 3.8) is 0 Å². The second-order valence-corrected chi connectivity index (χ2v) is 6.59. The number of nitrogens with zero attached hydrogens (tertiary/aromatic N) is 2. The summed E-state index contributed by atoms with van der Waals surface area (Å²) in [6.07, 6.45) is 3.78. The minimum Gasteiger partial charge on any atom is -0.434 e. The molecule has 0 bridgehead atoms. The Balaban J connectivity index is 1.48. The van der Waals surface area contributed by atoms with Crippen LogP contribution in [0.25, 0.3) is 0 Å². The molecule has 152 valence electrons. The fourth-order valence-electron chi connectivity index (χ4n) is 3.09. The molecule has 1 aliphatic rings. The van der Waals surface area contributed by atoms with Crippen LogP contribution in [0.5, 0.6) is 5.75 Å². The first-order valence-electron chi connectivity index (χ1n) is 9.51. The molecule has 1 aliphatic heterocycles. The molecular weight excluding hydrogens is 374 g/mol. The van der Waals surface area contributed by atoms with E-state index >= 15 is 0 Å². The maximum Gasteiger partial charge on any atom is 0.513 e. The zero-order chi connectivity index (χ0) is 20.6. The lowest BCUT2D eigenvalue weighted by Gasteiger charge is -2.32. The van der Waals surface area contributed by atoms with Gasteiger partial charge < -0.3 is 19.7 Å². The molecule has 0 spiro atoms. The third kappa shape index (κ3) is 5.54. The van der Waals surface area contributed by atoms with Gasteiger partial charge in [-0.2, -0.15) is 0 Å². The van der Waals surface area contributed by atoms with E-state index in [0.717, 1.165) is 0 Å². The topological polar surface area (TPSA) is 97.8 Å². The Morgan fingerprint density at radius 2 is 1.83 bits per heavy atom. The number of amides is 2. The van der Waals surface area contributed by atoms with Crippen LogP contribution in [0.3, 0.4) is 0 Å². The largest absolute Gasteiger partial charge is 0.513 e. The molecule has 2 aromatic rings. The van der Waals surface area contributed by atoms with E-state index in [2.05, 4.69) is 10.3 Å². The van der Waals surface area contributed by atoms with Crippen molar-refractivity contribution in [2.24, 2.45) is 0 Å². The van der Waals surface area contributed by atoms with Gasteiger partial charge in [-0.25, -0.2) is 4.79 Å². The fraction of sp³-hybridized carbons (Fsp3) is 0.333. The normalized spacial score (nSPS) is 14.2. The maximum absolute atomic E-state index is 12.5. The Hall–Kier alpha value is -3.42. The molecule has 3 rings (SSSR count). The summed E-state index contributed by atoms with van der Waals surface area (Å²) in [6, 6.07) is 9.75.